The first-order chi connectivity index (χ1) is 8.50. The molecule has 0 bridgehead atoms. The van der Waals surface area contributed by atoms with E-state index in [1.54, 1.807) is 19.2 Å². The molecule has 2 heterocycles. The number of nitrogens with zero attached hydrogens (tertiary/aromatic N) is 2. The second-order valence-corrected chi connectivity index (χ2v) is 3.64. The molecule has 0 saturated carbocycles. The molecule has 2 rings (SSSR count). The van der Waals surface area contributed by atoms with Gasteiger partial charge in [0.05, 0.1) is 5.56 Å². The Labute approximate surface area is 102 Å². The van der Waals surface area contributed by atoms with Gasteiger partial charge in [-0.1, -0.05) is 0 Å². The van der Waals surface area contributed by atoms with Crippen LogP contribution in [-0.2, 0) is 6.18 Å². The lowest BCUT2D eigenvalue weighted by molar-refractivity contribution is -0.137. The molecule has 18 heavy (non-hydrogen) atoms. The van der Waals surface area contributed by atoms with E-state index in [1.165, 1.54) is 12.4 Å². The number of anilines is 1. The molecule has 0 atom stereocenters. The van der Waals surface area contributed by atoms with Crippen molar-refractivity contribution in [3.05, 3.63) is 42.4 Å². The molecule has 0 aliphatic carbocycles. The highest BCUT2D eigenvalue weighted by Crippen LogP contribution is 2.31. The molecule has 2 aromatic heterocycles. The van der Waals surface area contributed by atoms with Crippen LogP contribution in [0.4, 0.5) is 19.0 Å². The molecular formula is C12H10F3N3. The van der Waals surface area contributed by atoms with Gasteiger partial charge in [-0.2, -0.15) is 13.2 Å². The summed E-state index contributed by atoms with van der Waals surface area (Å²) in [5.74, 6) is 0.588. The van der Waals surface area contributed by atoms with Crippen LogP contribution in [0.2, 0.25) is 0 Å². The van der Waals surface area contributed by atoms with Crippen molar-refractivity contribution in [1.82, 2.24) is 9.97 Å². The Hall–Kier alpha value is -2.11. The summed E-state index contributed by atoms with van der Waals surface area (Å²) in [6, 6.07) is 4.37. The molecule has 0 aliphatic heterocycles. The first-order valence-corrected chi connectivity index (χ1v) is 5.17. The lowest BCUT2D eigenvalue weighted by Crippen LogP contribution is -2.05. The van der Waals surface area contributed by atoms with Crippen molar-refractivity contribution >= 4 is 5.82 Å². The fourth-order valence-electron chi connectivity index (χ4n) is 1.50. The van der Waals surface area contributed by atoms with E-state index in [0.717, 1.165) is 12.3 Å². The van der Waals surface area contributed by atoms with Crippen molar-refractivity contribution in [2.45, 2.75) is 6.18 Å². The number of aromatic nitrogens is 2. The minimum Gasteiger partial charge on any atom is -0.373 e. The van der Waals surface area contributed by atoms with Gasteiger partial charge in [0.1, 0.15) is 5.82 Å². The van der Waals surface area contributed by atoms with Gasteiger partial charge < -0.3 is 5.32 Å². The maximum Gasteiger partial charge on any atom is 0.417 e. The first kappa shape index (κ1) is 12.3. The zero-order chi connectivity index (χ0) is 13.2. The Morgan fingerprint density at radius 1 is 1.11 bits per heavy atom. The predicted molar refractivity (Wildman–Crippen MR) is 62.0 cm³/mol. The number of pyridine rings is 2. The lowest BCUT2D eigenvalue weighted by atomic mass is 10.1. The molecule has 0 radical (unpaired) electrons. The van der Waals surface area contributed by atoms with Crippen molar-refractivity contribution in [1.29, 1.82) is 0 Å². The highest BCUT2D eigenvalue weighted by atomic mass is 19.4. The van der Waals surface area contributed by atoms with Crippen molar-refractivity contribution < 1.29 is 13.2 Å². The molecule has 0 saturated heterocycles. The molecule has 0 fully saturated rings. The molecule has 94 valence electrons. The quantitative estimate of drug-likeness (QED) is 0.893. The van der Waals surface area contributed by atoms with E-state index in [4.69, 9.17) is 0 Å². The average Bonchev–Trinajstić information content (AvgIpc) is 2.38. The van der Waals surface area contributed by atoms with Crippen molar-refractivity contribution in [3.63, 3.8) is 0 Å². The van der Waals surface area contributed by atoms with E-state index in [9.17, 15) is 13.2 Å². The van der Waals surface area contributed by atoms with Gasteiger partial charge in [0.2, 0.25) is 0 Å². The normalized spacial score (nSPS) is 11.3. The number of rotatable bonds is 2. The summed E-state index contributed by atoms with van der Waals surface area (Å²) in [6.07, 6.45) is -0.656. The van der Waals surface area contributed by atoms with Gasteiger partial charge >= 0.3 is 6.18 Å². The van der Waals surface area contributed by atoms with Crippen LogP contribution in [0, 0.1) is 0 Å². The second kappa shape index (κ2) is 4.64. The summed E-state index contributed by atoms with van der Waals surface area (Å²) in [6.45, 7) is 0. The van der Waals surface area contributed by atoms with Crippen molar-refractivity contribution in [3.8, 4) is 11.1 Å². The summed E-state index contributed by atoms with van der Waals surface area (Å²) in [5, 5.41) is 2.83. The van der Waals surface area contributed by atoms with E-state index in [1.807, 2.05) is 0 Å². The number of hydrogen-bond acceptors (Lipinski definition) is 3. The van der Waals surface area contributed by atoms with E-state index < -0.39 is 11.7 Å². The minimum atomic E-state index is -4.39. The van der Waals surface area contributed by atoms with Crippen LogP contribution in [0.25, 0.3) is 11.1 Å². The monoisotopic (exact) mass is 253 g/mol. The van der Waals surface area contributed by atoms with Gasteiger partial charge in [-0.15, -0.1) is 0 Å². The third-order valence-corrected chi connectivity index (χ3v) is 2.41. The van der Waals surface area contributed by atoms with Crippen LogP contribution >= 0.6 is 0 Å². The fraction of sp³-hybridized carbons (Fsp3) is 0.167. The van der Waals surface area contributed by atoms with Crippen molar-refractivity contribution in [2.75, 3.05) is 12.4 Å². The van der Waals surface area contributed by atoms with Gasteiger partial charge in [0.25, 0.3) is 0 Å². The van der Waals surface area contributed by atoms with Crippen LogP contribution in [0.1, 0.15) is 5.56 Å². The maximum atomic E-state index is 12.6. The van der Waals surface area contributed by atoms with Gasteiger partial charge in [-0.25, -0.2) is 4.98 Å². The Bertz CT molecular complexity index is 552. The molecule has 1 N–H and O–H groups in total. The third-order valence-electron chi connectivity index (χ3n) is 2.41. The van der Waals surface area contributed by atoms with Crippen LogP contribution < -0.4 is 5.32 Å². The summed E-state index contributed by atoms with van der Waals surface area (Å²) in [7, 11) is 1.69. The smallest absolute Gasteiger partial charge is 0.373 e. The van der Waals surface area contributed by atoms with Gasteiger partial charge in [-0.05, 0) is 23.8 Å². The fourth-order valence-corrected chi connectivity index (χ4v) is 1.50. The number of alkyl halides is 3. The largest absolute Gasteiger partial charge is 0.417 e. The molecule has 0 spiro atoms. The Balaban J connectivity index is 2.44. The molecule has 0 aromatic carbocycles. The topological polar surface area (TPSA) is 37.8 Å². The zero-order valence-electron chi connectivity index (χ0n) is 9.49. The van der Waals surface area contributed by atoms with Crippen molar-refractivity contribution in [2.24, 2.45) is 0 Å². The van der Waals surface area contributed by atoms with Gasteiger partial charge in [-0.3, -0.25) is 4.98 Å². The molecular weight excluding hydrogens is 243 g/mol. The van der Waals surface area contributed by atoms with Gasteiger partial charge in [0.15, 0.2) is 0 Å². The standard InChI is InChI=1S/C12H10F3N3/c1-16-11-5-8(2-3-18-11)9-4-10(7-17-6-9)12(13,14)15/h2-7H,1H3,(H,16,18). The summed E-state index contributed by atoms with van der Waals surface area (Å²) < 4.78 is 37.7. The molecule has 2 aromatic rings. The highest BCUT2D eigenvalue weighted by molar-refractivity contribution is 5.66. The summed E-state index contributed by atoms with van der Waals surface area (Å²) >= 11 is 0. The predicted octanol–water partition coefficient (Wildman–Crippen LogP) is 3.20. The Morgan fingerprint density at radius 2 is 1.89 bits per heavy atom. The lowest BCUT2D eigenvalue weighted by Gasteiger charge is -2.08. The van der Waals surface area contributed by atoms with Crippen LogP contribution in [0.5, 0.6) is 0 Å². The summed E-state index contributed by atoms with van der Waals surface area (Å²) in [4.78, 5) is 7.62. The maximum absolute atomic E-state index is 12.6. The van der Waals surface area contributed by atoms with E-state index >= 15 is 0 Å². The summed E-state index contributed by atoms with van der Waals surface area (Å²) in [5.41, 5.74) is 0.277. The van der Waals surface area contributed by atoms with E-state index in [-0.39, 0.29) is 0 Å². The molecule has 6 heteroatoms. The molecule has 0 aliphatic rings. The second-order valence-electron chi connectivity index (χ2n) is 3.64. The number of halogens is 3. The SMILES string of the molecule is CNc1cc(-c2cncc(C(F)(F)F)c2)ccn1. The van der Waals surface area contributed by atoms with Crippen LogP contribution in [0.3, 0.4) is 0 Å². The Kier molecular flexibility index (Phi) is 3.18. The number of nitrogens with one attached hydrogen (secondary N) is 1. The Morgan fingerprint density at radius 3 is 2.56 bits per heavy atom. The zero-order valence-corrected chi connectivity index (χ0v) is 9.49. The molecule has 0 amide bonds. The molecule has 3 nitrogen and oxygen atoms in total. The molecule has 0 unspecified atom stereocenters. The highest BCUT2D eigenvalue weighted by Gasteiger charge is 2.31. The third kappa shape index (κ3) is 2.58. The number of hydrogen-bond donors (Lipinski definition) is 1. The van der Waals surface area contributed by atoms with E-state index in [2.05, 4.69) is 15.3 Å². The van der Waals surface area contributed by atoms with Crippen LogP contribution in [-0.4, -0.2) is 17.0 Å². The van der Waals surface area contributed by atoms with E-state index in [0.29, 0.717) is 16.9 Å². The van der Waals surface area contributed by atoms with Gasteiger partial charge in [0, 0.05) is 31.2 Å². The van der Waals surface area contributed by atoms with Crippen LogP contribution in [0.15, 0.2) is 36.8 Å². The first-order valence-electron chi connectivity index (χ1n) is 5.17. The minimum absolute atomic E-state index is 0.406. The average molecular weight is 253 g/mol.